The number of piperidine rings is 1. The summed E-state index contributed by atoms with van der Waals surface area (Å²) < 4.78 is 0. The van der Waals surface area contributed by atoms with Crippen LogP contribution in [-0.2, 0) is 11.2 Å². The number of aryl methyl sites for hydroxylation is 2. The van der Waals surface area contributed by atoms with Crippen molar-refractivity contribution in [1.29, 1.82) is 0 Å². The van der Waals surface area contributed by atoms with Crippen molar-refractivity contribution in [3.63, 3.8) is 0 Å². The van der Waals surface area contributed by atoms with E-state index in [4.69, 9.17) is 16.6 Å². The number of hydrogen-bond acceptors (Lipinski definition) is 4. The lowest BCUT2D eigenvalue weighted by atomic mass is 9.73. The smallest absolute Gasteiger partial charge is 0.335 e. The summed E-state index contributed by atoms with van der Waals surface area (Å²) in [6.07, 6.45) is 5.35. The fraction of sp³-hybridized carbons (Fsp3) is 0.469. The molecular formula is C32H38ClN3O3. The van der Waals surface area contributed by atoms with Crippen LogP contribution in [0.25, 0.3) is 10.9 Å². The number of rotatable bonds is 7. The molecule has 1 aromatic heterocycles. The summed E-state index contributed by atoms with van der Waals surface area (Å²) in [5.74, 6) is 0.460. The number of aromatic carboxylic acids is 1. The Hall–Kier alpha value is -3.12. The molecule has 1 saturated carbocycles. The molecule has 2 heterocycles. The molecule has 3 aromatic rings. The Labute approximate surface area is 235 Å². The Balaban J connectivity index is 1.22. The standard InChI is InChI=1S/C32H38ClN3O3/c1-20-6-4-8-22-12-15-28(35-29(20)22)36-17-16-26(32(2,3)19-36)30(37)34-27-9-5-7-21(27)10-11-23-18-24(33)13-14-25(23)31(38)39/h4,6,8,12-15,18,21,26-27H,5,7,9-11,16-17,19H2,1-3H3,(H,34,37)(H,38,39)/t21-,26+,27-/m0/s1. The summed E-state index contributed by atoms with van der Waals surface area (Å²) in [6, 6.07) is 15.6. The number of hydrogen-bond donors (Lipinski definition) is 2. The van der Waals surface area contributed by atoms with Crippen LogP contribution in [0.1, 0.15) is 67.4 Å². The SMILES string of the molecule is Cc1cccc2ccc(N3CC[C@H](C(=O)N[C@H]4CCC[C@H]4CCc4cc(Cl)ccc4C(=O)O)C(C)(C)C3)nc12. The summed E-state index contributed by atoms with van der Waals surface area (Å²) in [5.41, 5.74) is 3.08. The average molecular weight is 548 g/mol. The van der Waals surface area contributed by atoms with Crippen LogP contribution in [0.4, 0.5) is 5.82 Å². The average Bonchev–Trinajstić information content (AvgIpc) is 3.33. The first kappa shape index (κ1) is 27.4. The highest BCUT2D eigenvalue weighted by atomic mass is 35.5. The zero-order valence-electron chi connectivity index (χ0n) is 23.0. The van der Waals surface area contributed by atoms with Gasteiger partial charge in [-0.25, -0.2) is 9.78 Å². The van der Waals surface area contributed by atoms with Crippen LogP contribution in [0.2, 0.25) is 5.02 Å². The molecule has 2 N–H and O–H groups in total. The topological polar surface area (TPSA) is 82.5 Å². The lowest BCUT2D eigenvalue weighted by Gasteiger charge is -2.44. The van der Waals surface area contributed by atoms with Crippen molar-refractivity contribution in [2.75, 3.05) is 18.0 Å². The van der Waals surface area contributed by atoms with E-state index in [0.29, 0.717) is 22.9 Å². The number of anilines is 1. The largest absolute Gasteiger partial charge is 0.478 e. The van der Waals surface area contributed by atoms with Crippen LogP contribution in [0.15, 0.2) is 48.5 Å². The second-order valence-corrected chi connectivity index (χ2v) is 12.5. The van der Waals surface area contributed by atoms with Crippen LogP contribution >= 0.6 is 11.6 Å². The van der Waals surface area contributed by atoms with Gasteiger partial charge < -0.3 is 15.3 Å². The van der Waals surface area contributed by atoms with E-state index < -0.39 is 5.97 Å². The molecule has 3 atom stereocenters. The van der Waals surface area contributed by atoms with Gasteiger partial charge in [-0.2, -0.15) is 0 Å². The zero-order valence-corrected chi connectivity index (χ0v) is 23.8. The van der Waals surface area contributed by atoms with Gasteiger partial charge in [-0.05, 0) is 91.8 Å². The Bertz CT molecular complexity index is 1390. The third-order valence-corrected chi connectivity index (χ3v) is 9.08. The Morgan fingerprint density at radius 2 is 1.95 bits per heavy atom. The number of carbonyl (C=O) groups excluding carboxylic acids is 1. The third kappa shape index (κ3) is 5.91. The fourth-order valence-electron chi connectivity index (χ4n) is 6.67. The summed E-state index contributed by atoms with van der Waals surface area (Å²) in [5, 5.41) is 14.7. The maximum atomic E-state index is 13.6. The number of amides is 1. The van der Waals surface area contributed by atoms with Crippen LogP contribution in [-0.4, -0.2) is 41.1 Å². The van der Waals surface area contributed by atoms with Crippen molar-refractivity contribution >= 4 is 40.2 Å². The van der Waals surface area contributed by atoms with Gasteiger partial charge in [-0.1, -0.05) is 50.1 Å². The molecule has 0 bridgehead atoms. The van der Waals surface area contributed by atoms with Crippen LogP contribution < -0.4 is 10.2 Å². The van der Waals surface area contributed by atoms with Crippen molar-refractivity contribution in [2.24, 2.45) is 17.3 Å². The number of aromatic nitrogens is 1. The zero-order chi connectivity index (χ0) is 27.7. The van der Waals surface area contributed by atoms with Gasteiger partial charge in [0.15, 0.2) is 0 Å². The van der Waals surface area contributed by atoms with Gasteiger partial charge in [0.25, 0.3) is 0 Å². The van der Waals surface area contributed by atoms with Crippen LogP contribution in [0, 0.1) is 24.2 Å². The van der Waals surface area contributed by atoms with Gasteiger partial charge in [0.05, 0.1) is 11.1 Å². The number of para-hydroxylation sites is 1. The molecule has 1 amide bonds. The summed E-state index contributed by atoms with van der Waals surface area (Å²) in [4.78, 5) is 32.5. The molecule has 0 radical (unpaired) electrons. The van der Waals surface area contributed by atoms with Crippen molar-refractivity contribution < 1.29 is 14.7 Å². The van der Waals surface area contributed by atoms with E-state index in [9.17, 15) is 14.7 Å². The molecule has 6 nitrogen and oxygen atoms in total. The molecule has 1 aliphatic carbocycles. The minimum absolute atomic E-state index is 0.0660. The lowest BCUT2D eigenvalue weighted by Crippen LogP contribution is -2.53. The maximum Gasteiger partial charge on any atom is 0.335 e. The first-order valence-corrected chi connectivity index (χ1v) is 14.4. The molecule has 206 valence electrons. The summed E-state index contributed by atoms with van der Waals surface area (Å²) >= 11 is 6.15. The molecule has 2 aromatic carbocycles. The number of benzene rings is 2. The first-order chi connectivity index (χ1) is 18.6. The number of halogens is 1. The first-order valence-electron chi connectivity index (χ1n) is 14.1. The van der Waals surface area contributed by atoms with Gasteiger partial charge >= 0.3 is 5.97 Å². The van der Waals surface area contributed by atoms with Crippen LogP contribution in [0.5, 0.6) is 0 Å². The van der Waals surface area contributed by atoms with Crippen LogP contribution in [0.3, 0.4) is 0 Å². The number of carboxylic acid groups (broad SMARTS) is 1. The van der Waals surface area contributed by atoms with Gasteiger partial charge in [0, 0.05) is 35.5 Å². The molecule has 0 unspecified atom stereocenters. The molecule has 1 aliphatic heterocycles. The van der Waals surface area contributed by atoms with Gasteiger partial charge in [-0.3, -0.25) is 4.79 Å². The van der Waals surface area contributed by atoms with E-state index in [1.807, 2.05) is 0 Å². The highest BCUT2D eigenvalue weighted by molar-refractivity contribution is 6.30. The van der Waals surface area contributed by atoms with Crippen molar-refractivity contribution in [3.05, 3.63) is 70.2 Å². The number of fused-ring (bicyclic) bond motifs is 1. The number of carbonyl (C=O) groups is 2. The highest BCUT2D eigenvalue weighted by Crippen LogP contribution is 2.38. The summed E-state index contributed by atoms with van der Waals surface area (Å²) in [6.45, 7) is 8.04. The van der Waals surface area contributed by atoms with E-state index in [-0.39, 0.29) is 23.3 Å². The van der Waals surface area contributed by atoms with Crippen molar-refractivity contribution in [1.82, 2.24) is 10.3 Å². The normalized spacial score (nSPS) is 22.7. The fourth-order valence-corrected chi connectivity index (χ4v) is 6.87. The van der Waals surface area contributed by atoms with E-state index >= 15 is 0 Å². The predicted molar refractivity (Wildman–Crippen MR) is 157 cm³/mol. The number of carboxylic acids is 1. The third-order valence-electron chi connectivity index (χ3n) is 8.85. The van der Waals surface area contributed by atoms with Gasteiger partial charge in [-0.15, -0.1) is 0 Å². The van der Waals surface area contributed by atoms with Crippen molar-refractivity contribution in [3.8, 4) is 0 Å². The quantitative estimate of drug-likeness (QED) is 0.345. The monoisotopic (exact) mass is 547 g/mol. The Morgan fingerprint density at radius 3 is 2.72 bits per heavy atom. The molecule has 5 rings (SSSR count). The molecule has 2 aliphatic rings. The number of pyridine rings is 1. The van der Waals surface area contributed by atoms with Crippen molar-refractivity contribution in [2.45, 2.75) is 65.3 Å². The lowest BCUT2D eigenvalue weighted by molar-refractivity contribution is -0.130. The number of nitrogens with zero attached hydrogens (tertiary/aromatic N) is 2. The van der Waals surface area contributed by atoms with E-state index in [1.54, 1.807) is 18.2 Å². The maximum absolute atomic E-state index is 13.6. The minimum atomic E-state index is -0.930. The Kier molecular flexibility index (Phi) is 7.86. The van der Waals surface area contributed by atoms with E-state index in [2.05, 4.69) is 61.3 Å². The van der Waals surface area contributed by atoms with Gasteiger partial charge in [0.2, 0.25) is 5.91 Å². The second-order valence-electron chi connectivity index (χ2n) is 12.0. The molecule has 1 saturated heterocycles. The van der Waals surface area contributed by atoms with E-state index in [1.165, 1.54) is 5.56 Å². The highest BCUT2D eigenvalue weighted by Gasteiger charge is 2.42. The molecular weight excluding hydrogens is 510 g/mol. The Morgan fingerprint density at radius 1 is 1.13 bits per heavy atom. The van der Waals surface area contributed by atoms with E-state index in [0.717, 1.165) is 67.5 Å². The molecule has 7 heteroatoms. The molecule has 2 fully saturated rings. The predicted octanol–water partition coefficient (Wildman–Crippen LogP) is 6.67. The molecule has 39 heavy (non-hydrogen) atoms. The second kappa shape index (κ2) is 11.2. The van der Waals surface area contributed by atoms with Gasteiger partial charge in [0.1, 0.15) is 5.82 Å². The molecule has 0 spiro atoms. The minimum Gasteiger partial charge on any atom is -0.478 e. The summed E-state index contributed by atoms with van der Waals surface area (Å²) in [7, 11) is 0. The number of nitrogens with one attached hydrogen (secondary N) is 1.